The van der Waals surface area contributed by atoms with Gasteiger partial charge in [0, 0.05) is 5.56 Å². The first kappa shape index (κ1) is 12.3. The van der Waals surface area contributed by atoms with E-state index in [0.717, 1.165) is 18.2 Å². The van der Waals surface area contributed by atoms with Gasteiger partial charge in [-0.15, -0.1) is 0 Å². The van der Waals surface area contributed by atoms with Crippen LogP contribution < -0.4 is 0 Å². The Morgan fingerprint density at radius 2 is 1.88 bits per heavy atom. The molecule has 0 bridgehead atoms. The maximum Gasteiger partial charge on any atom is 0.329 e. The smallest absolute Gasteiger partial charge is 0.329 e. The molecule has 0 aromatic heterocycles. The van der Waals surface area contributed by atoms with Crippen molar-refractivity contribution in [2.75, 3.05) is 13.2 Å². The molecule has 1 aromatic carbocycles. The summed E-state index contributed by atoms with van der Waals surface area (Å²) >= 11 is 0. The monoisotopic (exact) mass is 230 g/mol. The summed E-state index contributed by atoms with van der Waals surface area (Å²) in [5, 5.41) is 8.23. The van der Waals surface area contributed by atoms with Crippen molar-refractivity contribution in [3.63, 3.8) is 0 Å². The van der Waals surface area contributed by atoms with E-state index in [1.807, 2.05) is 0 Å². The van der Waals surface area contributed by atoms with Crippen LogP contribution in [0.3, 0.4) is 0 Å². The molecule has 0 saturated heterocycles. The van der Waals surface area contributed by atoms with Gasteiger partial charge in [0.1, 0.15) is 13.2 Å². The fourth-order valence-corrected chi connectivity index (χ4v) is 0.984. The highest BCUT2D eigenvalue weighted by molar-refractivity contribution is 5.97. The molecule has 0 amide bonds. The number of aliphatic carboxylic acids is 1. The maximum absolute atomic E-state index is 12.7. The number of benzene rings is 1. The summed E-state index contributed by atoms with van der Waals surface area (Å²) in [6.45, 7) is -1.10. The van der Waals surface area contributed by atoms with E-state index in [4.69, 9.17) is 5.11 Å². The Balaban J connectivity index is 2.59. The molecule has 4 nitrogen and oxygen atoms in total. The van der Waals surface area contributed by atoms with Gasteiger partial charge in [-0.3, -0.25) is 4.79 Å². The van der Waals surface area contributed by atoms with Crippen LogP contribution in [0.15, 0.2) is 18.2 Å². The van der Waals surface area contributed by atoms with Crippen molar-refractivity contribution >= 4 is 11.8 Å². The Kier molecular flexibility index (Phi) is 4.07. The number of carboxylic acids is 1. The van der Waals surface area contributed by atoms with Gasteiger partial charge >= 0.3 is 5.97 Å². The maximum atomic E-state index is 12.7. The SMILES string of the molecule is O=C(O)COCC(=O)c1ccc(F)c(F)c1. The Labute approximate surface area is 89.5 Å². The molecule has 0 aliphatic carbocycles. The molecule has 86 valence electrons. The van der Waals surface area contributed by atoms with Gasteiger partial charge in [0.15, 0.2) is 17.4 Å². The topological polar surface area (TPSA) is 63.6 Å². The molecule has 16 heavy (non-hydrogen) atoms. The first-order valence-electron chi connectivity index (χ1n) is 4.28. The van der Waals surface area contributed by atoms with Crippen LogP contribution in [0.1, 0.15) is 10.4 Å². The first-order chi connectivity index (χ1) is 7.50. The van der Waals surface area contributed by atoms with Gasteiger partial charge in [-0.2, -0.15) is 0 Å². The Bertz CT molecular complexity index is 417. The van der Waals surface area contributed by atoms with Gasteiger partial charge in [-0.25, -0.2) is 13.6 Å². The number of ketones is 1. The van der Waals surface area contributed by atoms with Crippen molar-refractivity contribution in [2.45, 2.75) is 0 Å². The van der Waals surface area contributed by atoms with Crippen molar-refractivity contribution < 1.29 is 28.2 Å². The summed E-state index contributed by atoms with van der Waals surface area (Å²) in [7, 11) is 0. The van der Waals surface area contributed by atoms with E-state index in [1.165, 1.54) is 0 Å². The third-order valence-electron chi connectivity index (χ3n) is 1.70. The van der Waals surface area contributed by atoms with Crippen LogP contribution in [0.2, 0.25) is 0 Å². The average Bonchev–Trinajstić information content (AvgIpc) is 2.21. The molecule has 6 heteroatoms. The second-order valence-corrected chi connectivity index (χ2v) is 2.94. The first-order valence-corrected chi connectivity index (χ1v) is 4.28. The van der Waals surface area contributed by atoms with Gasteiger partial charge in [0.25, 0.3) is 0 Å². The van der Waals surface area contributed by atoms with E-state index in [-0.39, 0.29) is 5.56 Å². The molecule has 0 aliphatic rings. The standard InChI is InChI=1S/C10H8F2O4/c11-7-2-1-6(3-8(7)12)9(13)4-16-5-10(14)15/h1-3H,4-5H2,(H,14,15). The van der Waals surface area contributed by atoms with Crippen molar-refractivity contribution in [1.29, 1.82) is 0 Å². The van der Waals surface area contributed by atoms with E-state index in [2.05, 4.69) is 4.74 Å². The minimum absolute atomic E-state index is 0.0655. The number of ether oxygens (including phenoxy) is 1. The summed E-state index contributed by atoms with van der Waals surface area (Å²) in [6, 6.07) is 2.66. The van der Waals surface area contributed by atoms with Crippen molar-refractivity contribution in [2.24, 2.45) is 0 Å². The molecule has 0 unspecified atom stereocenters. The molecule has 0 spiro atoms. The molecule has 0 heterocycles. The zero-order valence-electron chi connectivity index (χ0n) is 8.07. The minimum atomic E-state index is -1.21. The van der Waals surface area contributed by atoms with Gasteiger partial charge in [-0.05, 0) is 18.2 Å². The highest BCUT2D eigenvalue weighted by atomic mass is 19.2. The number of carbonyl (C=O) groups excluding carboxylic acids is 1. The molecule has 0 fully saturated rings. The predicted octanol–water partition coefficient (Wildman–Crippen LogP) is 1.25. The van der Waals surface area contributed by atoms with Gasteiger partial charge in [0.05, 0.1) is 0 Å². The Hall–Kier alpha value is -1.82. The molecule has 0 radical (unpaired) electrons. The van der Waals surface area contributed by atoms with Gasteiger partial charge in [-0.1, -0.05) is 0 Å². The fourth-order valence-electron chi connectivity index (χ4n) is 0.984. The average molecular weight is 230 g/mol. The molecule has 0 aliphatic heterocycles. The number of rotatable bonds is 5. The summed E-state index contributed by atoms with van der Waals surface area (Å²) in [5.41, 5.74) is -0.0655. The summed E-state index contributed by atoms with van der Waals surface area (Å²) < 4.78 is 29.8. The fraction of sp³-hybridized carbons (Fsp3) is 0.200. The largest absolute Gasteiger partial charge is 0.480 e. The zero-order valence-corrected chi connectivity index (χ0v) is 8.07. The summed E-state index contributed by atoms with van der Waals surface area (Å²) in [6.07, 6.45) is 0. The lowest BCUT2D eigenvalue weighted by Gasteiger charge is -2.01. The van der Waals surface area contributed by atoms with Crippen LogP contribution in [0.5, 0.6) is 0 Å². The number of hydrogen-bond acceptors (Lipinski definition) is 3. The number of Topliss-reactive ketones (excluding diaryl/α,β-unsaturated/α-hetero) is 1. The highest BCUT2D eigenvalue weighted by Crippen LogP contribution is 2.09. The molecular formula is C10H8F2O4. The Morgan fingerprint density at radius 3 is 2.44 bits per heavy atom. The molecule has 1 N–H and O–H groups in total. The van der Waals surface area contributed by atoms with E-state index in [1.54, 1.807) is 0 Å². The van der Waals surface area contributed by atoms with E-state index in [9.17, 15) is 18.4 Å². The van der Waals surface area contributed by atoms with Crippen molar-refractivity contribution in [1.82, 2.24) is 0 Å². The third kappa shape index (κ3) is 3.39. The lowest BCUT2D eigenvalue weighted by atomic mass is 10.1. The van der Waals surface area contributed by atoms with Crippen LogP contribution in [0.4, 0.5) is 8.78 Å². The third-order valence-corrected chi connectivity index (χ3v) is 1.70. The number of carboxylic acid groups (broad SMARTS) is 1. The van der Waals surface area contributed by atoms with Crippen molar-refractivity contribution in [3.8, 4) is 0 Å². The normalized spacial score (nSPS) is 10.1. The van der Waals surface area contributed by atoms with Crippen LogP contribution in [-0.2, 0) is 9.53 Å². The minimum Gasteiger partial charge on any atom is -0.480 e. The molecular weight excluding hydrogens is 222 g/mol. The summed E-state index contributed by atoms with van der Waals surface area (Å²) in [5.74, 6) is -4.01. The number of carbonyl (C=O) groups is 2. The van der Waals surface area contributed by atoms with Crippen molar-refractivity contribution in [3.05, 3.63) is 35.4 Å². The highest BCUT2D eigenvalue weighted by Gasteiger charge is 2.10. The lowest BCUT2D eigenvalue weighted by molar-refractivity contribution is -0.141. The quantitative estimate of drug-likeness (QED) is 0.773. The van der Waals surface area contributed by atoms with E-state index in [0.29, 0.717) is 0 Å². The van der Waals surface area contributed by atoms with E-state index >= 15 is 0 Å². The van der Waals surface area contributed by atoms with Crippen LogP contribution in [-0.4, -0.2) is 30.1 Å². The number of halogens is 2. The molecule has 0 atom stereocenters. The van der Waals surface area contributed by atoms with Crippen LogP contribution in [0, 0.1) is 11.6 Å². The Morgan fingerprint density at radius 1 is 1.19 bits per heavy atom. The second-order valence-electron chi connectivity index (χ2n) is 2.94. The van der Waals surface area contributed by atoms with E-state index < -0.39 is 36.6 Å². The predicted molar refractivity (Wildman–Crippen MR) is 49.1 cm³/mol. The lowest BCUT2D eigenvalue weighted by Crippen LogP contribution is -2.14. The van der Waals surface area contributed by atoms with Crippen LogP contribution >= 0.6 is 0 Å². The summed E-state index contributed by atoms with van der Waals surface area (Å²) in [4.78, 5) is 21.4. The van der Waals surface area contributed by atoms with Gasteiger partial charge < -0.3 is 9.84 Å². The van der Waals surface area contributed by atoms with Gasteiger partial charge in [0.2, 0.25) is 0 Å². The zero-order chi connectivity index (χ0) is 12.1. The molecule has 1 rings (SSSR count). The second kappa shape index (κ2) is 5.32. The molecule has 1 aromatic rings. The molecule has 0 saturated carbocycles. The van der Waals surface area contributed by atoms with Crippen LogP contribution in [0.25, 0.3) is 0 Å². The number of hydrogen-bond donors (Lipinski definition) is 1.